The van der Waals surface area contributed by atoms with Crippen molar-refractivity contribution in [2.45, 2.75) is 26.3 Å². The zero-order valence-electron chi connectivity index (χ0n) is 16.7. The predicted molar refractivity (Wildman–Crippen MR) is 120 cm³/mol. The average Bonchev–Trinajstić information content (AvgIpc) is 2.72. The zero-order chi connectivity index (χ0) is 21.2. The van der Waals surface area contributed by atoms with Crippen LogP contribution in [0.3, 0.4) is 0 Å². The molecule has 1 unspecified atom stereocenters. The van der Waals surface area contributed by atoms with E-state index in [-0.39, 0.29) is 23.0 Å². The molecule has 6 nitrogen and oxygen atoms in total. The molecule has 0 spiro atoms. The van der Waals surface area contributed by atoms with Crippen molar-refractivity contribution in [1.29, 1.82) is 0 Å². The number of anilines is 1. The van der Waals surface area contributed by atoms with Gasteiger partial charge in [-0.25, -0.2) is 0 Å². The van der Waals surface area contributed by atoms with E-state index in [0.717, 1.165) is 12.0 Å². The Hall–Kier alpha value is -3.19. The molecule has 0 aliphatic heterocycles. The number of hydrogen-bond acceptors (Lipinski definition) is 4. The molecule has 0 aliphatic rings. The van der Waals surface area contributed by atoms with Gasteiger partial charge in [0.25, 0.3) is 5.91 Å². The van der Waals surface area contributed by atoms with Gasteiger partial charge in [0.15, 0.2) is 5.11 Å². The first kappa shape index (κ1) is 22.1. The van der Waals surface area contributed by atoms with Crippen LogP contribution in [0.25, 0.3) is 6.08 Å². The maximum absolute atomic E-state index is 12.2. The van der Waals surface area contributed by atoms with Crippen molar-refractivity contribution in [3.63, 3.8) is 0 Å². The number of carbonyl (C=O) groups is 2. The number of ether oxygens (including phenoxy) is 1. The molecule has 0 saturated heterocycles. The fourth-order valence-corrected chi connectivity index (χ4v) is 2.65. The van der Waals surface area contributed by atoms with E-state index in [1.807, 2.05) is 38.1 Å². The number of nitrogens with one attached hydrogen (secondary N) is 3. The molecule has 2 aromatic rings. The number of para-hydroxylation sites is 1. The van der Waals surface area contributed by atoms with E-state index in [2.05, 4.69) is 16.0 Å². The van der Waals surface area contributed by atoms with Crippen LogP contribution in [0.2, 0.25) is 0 Å². The van der Waals surface area contributed by atoms with Gasteiger partial charge in [-0.2, -0.15) is 0 Å². The molecule has 0 radical (unpaired) electrons. The lowest BCUT2D eigenvalue weighted by Crippen LogP contribution is -2.33. The minimum atomic E-state index is -0.376. The monoisotopic (exact) mass is 411 g/mol. The lowest BCUT2D eigenvalue weighted by Gasteiger charge is -2.13. The van der Waals surface area contributed by atoms with Gasteiger partial charge in [0.2, 0.25) is 5.91 Å². The van der Waals surface area contributed by atoms with Crippen molar-refractivity contribution < 1.29 is 14.3 Å². The minimum absolute atomic E-state index is 0.0921. The number of thiocarbonyl (C=S) groups is 1. The van der Waals surface area contributed by atoms with Crippen molar-refractivity contribution in [2.24, 2.45) is 0 Å². The van der Waals surface area contributed by atoms with E-state index in [9.17, 15) is 9.59 Å². The Morgan fingerprint density at radius 3 is 2.66 bits per heavy atom. The van der Waals surface area contributed by atoms with Crippen LogP contribution in [0, 0.1) is 0 Å². The Kier molecular flexibility index (Phi) is 8.36. The molecular formula is C22H25N3O3S. The van der Waals surface area contributed by atoms with Crippen molar-refractivity contribution >= 4 is 40.9 Å². The highest BCUT2D eigenvalue weighted by Gasteiger charge is 2.10. The Morgan fingerprint density at radius 1 is 1.17 bits per heavy atom. The summed E-state index contributed by atoms with van der Waals surface area (Å²) in [6.07, 6.45) is 3.88. The molecule has 0 bridgehead atoms. The van der Waals surface area contributed by atoms with E-state index in [4.69, 9.17) is 17.0 Å². The molecule has 7 heteroatoms. The Bertz CT molecular complexity index is 912. The molecule has 3 N–H and O–H groups in total. The molecule has 0 aliphatic carbocycles. The van der Waals surface area contributed by atoms with Crippen molar-refractivity contribution in [3.05, 3.63) is 65.7 Å². The molecular weight excluding hydrogens is 386 g/mol. The van der Waals surface area contributed by atoms with Crippen molar-refractivity contribution in [1.82, 2.24) is 10.6 Å². The summed E-state index contributed by atoms with van der Waals surface area (Å²) in [5.41, 5.74) is 1.91. The van der Waals surface area contributed by atoms with Crippen LogP contribution >= 0.6 is 12.2 Å². The second kappa shape index (κ2) is 11.0. The quantitative estimate of drug-likeness (QED) is 0.478. The third-order valence-electron chi connectivity index (χ3n) is 4.16. The number of methoxy groups -OCH3 is 1. The number of benzene rings is 2. The number of hydrogen-bond donors (Lipinski definition) is 3. The molecule has 0 saturated carbocycles. The summed E-state index contributed by atoms with van der Waals surface area (Å²) in [7, 11) is 1.57. The molecule has 152 valence electrons. The predicted octanol–water partition coefficient (Wildman–Crippen LogP) is 3.75. The summed E-state index contributed by atoms with van der Waals surface area (Å²) in [5, 5.41) is 8.55. The van der Waals surface area contributed by atoms with Gasteiger partial charge >= 0.3 is 0 Å². The standard InChI is InChI=1S/C22H25N3O3S/c1-4-15(2)23-21(27)17-9-7-10-18(14-17)24-22(29)25-20(26)13-12-16-8-5-6-11-19(16)28-3/h5-15H,4H2,1-3H3,(H,23,27)(H2,24,25,26,29)/b13-12+. The van der Waals surface area contributed by atoms with Crippen LogP contribution < -0.4 is 20.7 Å². The van der Waals surface area contributed by atoms with Crippen LogP contribution in [0.5, 0.6) is 5.75 Å². The molecule has 0 aromatic heterocycles. The zero-order valence-corrected chi connectivity index (χ0v) is 17.5. The second-order valence-corrected chi connectivity index (χ2v) is 6.79. The van der Waals surface area contributed by atoms with E-state index < -0.39 is 0 Å². The summed E-state index contributed by atoms with van der Waals surface area (Å²) in [4.78, 5) is 24.4. The van der Waals surface area contributed by atoms with E-state index in [0.29, 0.717) is 17.0 Å². The molecule has 2 amide bonds. The fourth-order valence-electron chi connectivity index (χ4n) is 2.43. The number of amides is 2. The fraction of sp³-hybridized carbons (Fsp3) is 0.227. The third kappa shape index (κ3) is 7.04. The second-order valence-electron chi connectivity index (χ2n) is 6.38. The van der Waals surface area contributed by atoms with Gasteiger partial charge in [-0.05, 0) is 55.9 Å². The highest BCUT2D eigenvalue weighted by molar-refractivity contribution is 7.80. The smallest absolute Gasteiger partial charge is 0.251 e. The third-order valence-corrected chi connectivity index (χ3v) is 4.37. The first-order valence-electron chi connectivity index (χ1n) is 9.27. The summed E-state index contributed by atoms with van der Waals surface area (Å²) < 4.78 is 5.25. The van der Waals surface area contributed by atoms with Crippen molar-refractivity contribution in [3.8, 4) is 5.75 Å². The van der Waals surface area contributed by atoms with Gasteiger partial charge in [-0.15, -0.1) is 0 Å². The molecule has 2 rings (SSSR count). The molecule has 1 atom stereocenters. The Balaban J connectivity index is 1.95. The lowest BCUT2D eigenvalue weighted by molar-refractivity contribution is -0.115. The Morgan fingerprint density at radius 2 is 1.93 bits per heavy atom. The SMILES string of the molecule is CCC(C)NC(=O)c1cccc(NC(=S)NC(=O)/C=C/c2ccccc2OC)c1. The largest absolute Gasteiger partial charge is 0.496 e. The number of carbonyl (C=O) groups excluding carboxylic acids is 2. The number of rotatable bonds is 7. The van der Waals surface area contributed by atoms with Gasteiger partial charge < -0.3 is 15.4 Å². The average molecular weight is 412 g/mol. The first-order chi connectivity index (χ1) is 13.9. The van der Waals surface area contributed by atoms with Gasteiger partial charge in [-0.1, -0.05) is 31.2 Å². The van der Waals surface area contributed by atoms with Crippen LogP contribution in [-0.2, 0) is 4.79 Å². The minimum Gasteiger partial charge on any atom is -0.496 e. The van der Waals surface area contributed by atoms with Crippen molar-refractivity contribution in [2.75, 3.05) is 12.4 Å². The lowest BCUT2D eigenvalue weighted by atomic mass is 10.1. The van der Waals surface area contributed by atoms with E-state index in [1.165, 1.54) is 6.08 Å². The topological polar surface area (TPSA) is 79.5 Å². The highest BCUT2D eigenvalue weighted by Crippen LogP contribution is 2.18. The van der Waals surface area contributed by atoms with Gasteiger partial charge in [0.1, 0.15) is 5.75 Å². The molecule has 0 heterocycles. The van der Waals surface area contributed by atoms with E-state index in [1.54, 1.807) is 37.5 Å². The van der Waals surface area contributed by atoms with Gasteiger partial charge in [0, 0.05) is 28.9 Å². The molecule has 29 heavy (non-hydrogen) atoms. The summed E-state index contributed by atoms with van der Waals surface area (Å²) in [6, 6.07) is 14.4. The molecule has 2 aromatic carbocycles. The van der Waals surface area contributed by atoms with Gasteiger partial charge in [0.05, 0.1) is 7.11 Å². The summed E-state index contributed by atoms with van der Waals surface area (Å²) in [5.74, 6) is 0.140. The van der Waals surface area contributed by atoms with Crippen LogP contribution in [0.1, 0.15) is 36.2 Å². The van der Waals surface area contributed by atoms with Gasteiger partial charge in [-0.3, -0.25) is 14.9 Å². The Labute approximate surface area is 176 Å². The summed E-state index contributed by atoms with van der Waals surface area (Å²) in [6.45, 7) is 3.95. The maximum atomic E-state index is 12.2. The van der Waals surface area contributed by atoms with E-state index >= 15 is 0 Å². The maximum Gasteiger partial charge on any atom is 0.251 e. The normalized spacial score (nSPS) is 11.6. The first-order valence-corrected chi connectivity index (χ1v) is 9.67. The van der Waals surface area contributed by atoms with Crippen LogP contribution in [0.4, 0.5) is 5.69 Å². The highest BCUT2D eigenvalue weighted by atomic mass is 32.1. The molecule has 0 fully saturated rings. The summed E-state index contributed by atoms with van der Waals surface area (Å²) >= 11 is 5.19. The van der Waals surface area contributed by atoms with Crippen LogP contribution in [0.15, 0.2) is 54.6 Å². The van der Waals surface area contributed by atoms with Crippen LogP contribution in [-0.4, -0.2) is 30.1 Å².